The molecule has 0 aromatic heterocycles. The fourth-order valence-corrected chi connectivity index (χ4v) is 3.26. The van der Waals surface area contributed by atoms with Crippen molar-refractivity contribution in [3.05, 3.63) is 46.5 Å². The number of aromatic hydroxyl groups is 2. The summed E-state index contributed by atoms with van der Waals surface area (Å²) in [7, 11) is 2.83. The topological polar surface area (TPSA) is 108 Å². The van der Waals surface area contributed by atoms with Gasteiger partial charge in [0.15, 0.2) is 23.0 Å². The standard InChI is InChI=1S/C18H19NO6/c1-24-14-4-3-10(15(18(22)23)17(14)25-2)16-11-8-13(21)12(20)7-9(11)5-6-19-16/h3-4,7-8,16,19-21H,5-6H2,1-2H3,(H,22,23). The lowest BCUT2D eigenvalue weighted by molar-refractivity contribution is 0.0690. The van der Waals surface area contributed by atoms with Crippen LogP contribution in [0.25, 0.3) is 0 Å². The number of carboxylic acids is 1. The van der Waals surface area contributed by atoms with Gasteiger partial charge in [0.25, 0.3) is 0 Å². The minimum Gasteiger partial charge on any atom is -0.504 e. The van der Waals surface area contributed by atoms with E-state index in [-0.39, 0.29) is 22.8 Å². The van der Waals surface area contributed by atoms with Crippen molar-refractivity contribution in [3.63, 3.8) is 0 Å². The highest BCUT2D eigenvalue weighted by molar-refractivity contribution is 5.94. The van der Waals surface area contributed by atoms with Crippen LogP contribution in [0.2, 0.25) is 0 Å². The summed E-state index contributed by atoms with van der Waals surface area (Å²) < 4.78 is 10.5. The number of methoxy groups -OCH3 is 2. The number of carboxylic acid groups (broad SMARTS) is 1. The van der Waals surface area contributed by atoms with Crippen molar-refractivity contribution < 1.29 is 29.6 Å². The number of rotatable bonds is 4. The number of aromatic carboxylic acids is 1. The highest BCUT2D eigenvalue weighted by Gasteiger charge is 2.30. The number of hydrogen-bond donors (Lipinski definition) is 4. The average molecular weight is 345 g/mol. The SMILES string of the molecule is COc1ccc(C2NCCc3cc(O)c(O)cc32)c(C(=O)O)c1OC. The fraction of sp³-hybridized carbons (Fsp3) is 0.278. The van der Waals surface area contributed by atoms with E-state index in [9.17, 15) is 20.1 Å². The first-order chi connectivity index (χ1) is 12.0. The van der Waals surface area contributed by atoms with E-state index < -0.39 is 12.0 Å². The van der Waals surface area contributed by atoms with E-state index in [0.717, 1.165) is 11.1 Å². The largest absolute Gasteiger partial charge is 0.504 e. The maximum atomic E-state index is 11.9. The van der Waals surface area contributed by atoms with Gasteiger partial charge in [-0.15, -0.1) is 0 Å². The van der Waals surface area contributed by atoms with Gasteiger partial charge in [-0.2, -0.15) is 0 Å². The molecule has 0 saturated heterocycles. The van der Waals surface area contributed by atoms with Crippen LogP contribution in [0, 0.1) is 0 Å². The molecule has 2 aromatic rings. The first-order valence-electron chi connectivity index (χ1n) is 7.74. The Morgan fingerprint density at radius 2 is 1.84 bits per heavy atom. The Balaban J connectivity index is 2.22. The van der Waals surface area contributed by atoms with Crippen molar-refractivity contribution in [3.8, 4) is 23.0 Å². The Morgan fingerprint density at radius 3 is 2.48 bits per heavy atom. The first-order valence-corrected chi connectivity index (χ1v) is 7.74. The normalized spacial score (nSPS) is 16.2. The van der Waals surface area contributed by atoms with E-state index in [2.05, 4.69) is 5.32 Å². The molecule has 0 aliphatic carbocycles. The summed E-state index contributed by atoms with van der Waals surface area (Å²) in [6, 6.07) is 5.84. The molecule has 1 atom stereocenters. The van der Waals surface area contributed by atoms with Crippen molar-refractivity contribution in [2.45, 2.75) is 12.5 Å². The summed E-state index contributed by atoms with van der Waals surface area (Å²) in [6.45, 7) is 0.606. The number of carbonyl (C=O) groups is 1. The van der Waals surface area contributed by atoms with Crippen LogP contribution in [-0.4, -0.2) is 42.1 Å². The van der Waals surface area contributed by atoms with E-state index in [4.69, 9.17) is 9.47 Å². The molecule has 1 heterocycles. The predicted molar refractivity (Wildman–Crippen MR) is 89.8 cm³/mol. The zero-order chi connectivity index (χ0) is 18.1. The Labute approximate surface area is 144 Å². The molecule has 0 amide bonds. The van der Waals surface area contributed by atoms with Crippen LogP contribution in [0.5, 0.6) is 23.0 Å². The number of nitrogens with one attached hydrogen (secondary N) is 1. The lowest BCUT2D eigenvalue weighted by Gasteiger charge is -2.29. The van der Waals surface area contributed by atoms with Crippen LogP contribution >= 0.6 is 0 Å². The molecule has 2 aromatic carbocycles. The molecule has 0 saturated carbocycles. The molecule has 0 spiro atoms. The summed E-state index contributed by atoms with van der Waals surface area (Å²) in [6.07, 6.45) is 0.662. The quantitative estimate of drug-likeness (QED) is 0.628. The predicted octanol–water partition coefficient (Wildman–Crippen LogP) is 2.05. The van der Waals surface area contributed by atoms with Gasteiger partial charge in [0.1, 0.15) is 5.56 Å². The van der Waals surface area contributed by atoms with Gasteiger partial charge in [0.05, 0.1) is 20.3 Å². The zero-order valence-corrected chi connectivity index (χ0v) is 13.9. The zero-order valence-electron chi connectivity index (χ0n) is 13.9. The second-order valence-corrected chi connectivity index (χ2v) is 5.75. The van der Waals surface area contributed by atoms with E-state index in [1.54, 1.807) is 12.1 Å². The average Bonchev–Trinajstić information content (AvgIpc) is 2.60. The minimum absolute atomic E-state index is 0.000218. The Morgan fingerprint density at radius 1 is 1.12 bits per heavy atom. The second-order valence-electron chi connectivity index (χ2n) is 5.75. The third kappa shape index (κ3) is 2.83. The highest BCUT2D eigenvalue weighted by atomic mass is 16.5. The van der Waals surface area contributed by atoms with Crippen molar-refractivity contribution >= 4 is 5.97 Å². The van der Waals surface area contributed by atoms with Crippen LogP contribution in [0.4, 0.5) is 0 Å². The maximum absolute atomic E-state index is 11.9. The van der Waals surface area contributed by atoms with Gasteiger partial charge in [-0.05, 0) is 41.3 Å². The summed E-state index contributed by atoms with van der Waals surface area (Å²) in [5, 5.41) is 32.6. The molecular weight excluding hydrogens is 326 g/mol. The van der Waals surface area contributed by atoms with Crippen LogP contribution < -0.4 is 14.8 Å². The Bertz CT molecular complexity index is 833. The van der Waals surface area contributed by atoms with E-state index in [1.165, 1.54) is 26.4 Å². The molecule has 1 unspecified atom stereocenters. The van der Waals surface area contributed by atoms with Crippen LogP contribution in [-0.2, 0) is 6.42 Å². The van der Waals surface area contributed by atoms with Crippen molar-refractivity contribution in [1.82, 2.24) is 5.32 Å². The van der Waals surface area contributed by atoms with Gasteiger partial charge in [-0.1, -0.05) is 6.07 Å². The van der Waals surface area contributed by atoms with Crippen molar-refractivity contribution in [1.29, 1.82) is 0 Å². The number of phenolic OH excluding ortho intramolecular Hbond substituents is 2. The second kappa shape index (κ2) is 6.52. The summed E-state index contributed by atoms with van der Waals surface area (Å²) >= 11 is 0. The molecular formula is C18H19NO6. The molecule has 1 aliphatic rings. The third-order valence-electron chi connectivity index (χ3n) is 4.39. The lowest BCUT2D eigenvalue weighted by Crippen LogP contribution is -2.31. The van der Waals surface area contributed by atoms with E-state index in [0.29, 0.717) is 24.3 Å². The van der Waals surface area contributed by atoms with Gasteiger partial charge in [-0.3, -0.25) is 0 Å². The number of hydrogen-bond acceptors (Lipinski definition) is 6. The smallest absolute Gasteiger partial charge is 0.339 e. The molecule has 0 bridgehead atoms. The Hall–Kier alpha value is -2.93. The molecule has 7 heteroatoms. The molecule has 3 rings (SSSR count). The lowest BCUT2D eigenvalue weighted by atomic mass is 9.87. The van der Waals surface area contributed by atoms with Gasteiger partial charge in [-0.25, -0.2) is 4.79 Å². The first kappa shape index (κ1) is 16.9. The van der Waals surface area contributed by atoms with Crippen LogP contribution in [0.15, 0.2) is 24.3 Å². The van der Waals surface area contributed by atoms with Crippen molar-refractivity contribution in [2.24, 2.45) is 0 Å². The van der Waals surface area contributed by atoms with Crippen molar-refractivity contribution in [2.75, 3.05) is 20.8 Å². The molecule has 0 radical (unpaired) electrons. The maximum Gasteiger partial charge on any atom is 0.339 e. The molecule has 7 nitrogen and oxygen atoms in total. The number of ether oxygens (including phenoxy) is 2. The van der Waals surface area contributed by atoms with Gasteiger partial charge in [0, 0.05) is 6.54 Å². The summed E-state index contributed by atoms with van der Waals surface area (Å²) in [5.74, 6) is -1.10. The molecule has 25 heavy (non-hydrogen) atoms. The van der Waals surface area contributed by atoms with E-state index >= 15 is 0 Å². The monoisotopic (exact) mass is 345 g/mol. The summed E-state index contributed by atoms with van der Waals surface area (Å²) in [4.78, 5) is 11.9. The van der Waals surface area contributed by atoms with Gasteiger partial charge < -0.3 is 30.1 Å². The minimum atomic E-state index is -1.14. The van der Waals surface area contributed by atoms with Gasteiger partial charge in [0.2, 0.25) is 0 Å². The molecule has 4 N–H and O–H groups in total. The highest BCUT2D eigenvalue weighted by Crippen LogP contribution is 2.41. The van der Waals surface area contributed by atoms with Crippen LogP contribution in [0.3, 0.4) is 0 Å². The molecule has 132 valence electrons. The fourth-order valence-electron chi connectivity index (χ4n) is 3.26. The molecule has 1 aliphatic heterocycles. The molecule has 0 fully saturated rings. The summed E-state index contributed by atoms with van der Waals surface area (Å²) in [5.41, 5.74) is 2.07. The number of phenols is 2. The number of fused-ring (bicyclic) bond motifs is 1. The Kier molecular flexibility index (Phi) is 4.41. The van der Waals surface area contributed by atoms with E-state index in [1.807, 2.05) is 0 Å². The third-order valence-corrected chi connectivity index (χ3v) is 4.39. The number of benzene rings is 2. The van der Waals surface area contributed by atoms with Gasteiger partial charge >= 0.3 is 5.97 Å². The van der Waals surface area contributed by atoms with Crippen LogP contribution in [0.1, 0.15) is 33.1 Å².